The summed E-state index contributed by atoms with van der Waals surface area (Å²) in [6.07, 6.45) is 1.60. The molecule has 0 bridgehead atoms. The molecule has 3 heteroatoms. The highest BCUT2D eigenvalue weighted by atomic mass is 32.1. The molecule has 0 fully saturated rings. The molecule has 0 saturated carbocycles. The summed E-state index contributed by atoms with van der Waals surface area (Å²) in [4.78, 5) is 4.09. The Hall–Kier alpha value is -0.440. The van der Waals surface area contributed by atoms with E-state index in [-0.39, 0.29) is 5.41 Å². The smallest absolute Gasteiger partial charge is 0.129 e. The summed E-state index contributed by atoms with van der Waals surface area (Å²) in [6.45, 7) is 10.4. The van der Waals surface area contributed by atoms with E-state index in [1.165, 1.54) is 11.5 Å². The Bertz CT molecular complexity index is 174. The van der Waals surface area contributed by atoms with Gasteiger partial charge in [-0.25, -0.2) is 4.98 Å². The molecule has 1 heterocycles. The molecular weight excluding hydrogens is 156 g/mol. The molecule has 0 aliphatic heterocycles. The van der Waals surface area contributed by atoms with Crippen molar-refractivity contribution in [2.24, 2.45) is 0 Å². The molecule has 0 aliphatic rings. The Morgan fingerprint density at radius 2 is 1.82 bits per heavy atom. The van der Waals surface area contributed by atoms with E-state index in [2.05, 4.69) is 30.1 Å². The molecule has 0 atom stereocenters. The average molecular weight is 172 g/mol. The molecule has 0 saturated heterocycles. The lowest BCUT2D eigenvalue weighted by atomic mass is 9.98. The molecule has 0 unspecified atom stereocenters. The van der Waals surface area contributed by atoms with E-state index in [4.69, 9.17) is 0 Å². The highest BCUT2D eigenvalue weighted by molar-refractivity contribution is 7.05. The third-order valence-electron chi connectivity index (χ3n) is 1.00. The fourth-order valence-electron chi connectivity index (χ4n) is 0.504. The van der Waals surface area contributed by atoms with Crippen LogP contribution in [0.2, 0.25) is 0 Å². The van der Waals surface area contributed by atoms with Crippen molar-refractivity contribution in [2.75, 3.05) is 0 Å². The van der Waals surface area contributed by atoms with Gasteiger partial charge < -0.3 is 0 Å². The Labute approximate surface area is 72.8 Å². The Morgan fingerprint density at radius 3 is 2.00 bits per heavy atom. The van der Waals surface area contributed by atoms with Gasteiger partial charge in [-0.3, -0.25) is 0 Å². The van der Waals surface area contributed by atoms with Gasteiger partial charge >= 0.3 is 0 Å². The minimum Gasteiger partial charge on any atom is -0.227 e. The number of hydrogen-bond acceptors (Lipinski definition) is 3. The summed E-state index contributed by atoms with van der Waals surface area (Å²) in [7, 11) is 0. The molecule has 0 aromatic carbocycles. The fraction of sp³-hybridized carbons (Fsp3) is 0.750. The van der Waals surface area contributed by atoms with Crippen molar-refractivity contribution in [3.8, 4) is 0 Å². The van der Waals surface area contributed by atoms with Gasteiger partial charge in [0.15, 0.2) is 0 Å². The van der Waals surface area contributed by atoms with Crippen LogP contribution >= 0.6 is 11.5 Å². The second-order valence-electron chi connectivity index (χ2n) is 3.00. The topological polar surface area (TPSA) is 25.8 Å². The summed E-state index contributed by atoms with van der Waals surface area (Å²) in [6, 6.07) is 0. The summed E-state index contributed by atoms with van der Waals surface area (Å²) in [5, 5.41) is 1.10. The first-order valence-electron chi connectivity index (χ1n) is 3.88. The zero-order chi connectivity index (χ0) is 8.91. The third-order valence-corrected chi connectivity index (χ3v) is 2.09. The minimum atomic E-state index is 0.168. The summed E-state index contributed by atoms with van der Waals surface area (Å²) >= 11 is 1.47. The third kappa shape index (κ3) is 3.46. The SMILES string of the molecule is CC.CC(C)(C)c1ncns1. The van der Waals surface area contributed by atoms with Crippen LogP contribution in [0.15, 0.2) is 6.33 Å². The second-order valence-corrected chi connectivity index (χ2v) is 3.78. The fourth-order valence-corrected chi connectivity index (χ4v) is 1.07. The zero-order valence-corrected chi connectivity index (χ0v) is 8.70. The van der Waals surface area contributed by atoms with Crippen molar-refractivity contribution in [3.05, 3.63) is 11.3 Å². The standard InChI is InChI=1S/C6H10N2S.C2H6/c1-6(2,3)5-7-4-8-9-5;1-2/h4H,1-3H3;1-2H3. The molecule has 0 radical (unpaired) electrons. The van der Waals surface area contributed by atoms with Gasteiger partial charge in [-0.2, -0.15) is 4.37 Å². The van der Waals surface area contributed by atoms with E-state index in [0.717, 1.165) is 5.01 Å². The first-order valence-corrected chi connectivity index (χ1v) is 4.65. The maximum absolute atomic E-state index is 4.09. The minimum absolute atomic E-state index is 0.168. The molecule has 0 spiro atoms. The highest BCUT2D eigenvalue weighted by Gasteiger charge is 2.16. The summed E-state index contributed by atoms with van der Waals surface area (Å²) < 4.78 is 3.92. The van der Waals surface area contributed by atoms with Crippen molar-refractivity contribution in [1.82, 2.24) is 9.36 Å². The zero-order valence-electron chi connectivity index (χ0n) is 7.88. The van der Waals surface area contributed by atoms with E-state index in [9.17, 15) is 0 Å². The molecule has 1 aromatic rings. The highest BCUT2D eigenvalue weighted by Crippen LogP contribution is 2.21. The van der Waals surface area contributed by atoms with Gasteiger partial charge in [0, 0.05) is 5.41 Å². The van der Waals surface area contributed by atoms with Gasteiger partial charge in [-0.1, -0.05) is 34.6 Å². The lowest BCUT2D eigenvalue weighted by Crippen LogP contribution is -2.09. The summed E-state index contributed by atoms with van der Waals surface area (Å²) in [5.74, 6) is 0. The van der Waals surface area contributed by atoms with Crippen LogP contribution in [0.4, 0.5) is 0 Å². The maximum atomic E-state index is 4.09. The van der Waals surface area contributed by atoms with Gasteiger partial charge in [0.25, 0.3) is 0 Å². The predicted octanol–water partition coefficient (Wildman–Crippen LogP) is 2.86. The van der Waals surface area contributed by atoms with Gasteiger partial charge in [0.1, 0.15) is 11.3 Å². The number of hydrogen-bond donors (Lipinski definition) is 0. The van der Waals surface area contributed by atoms with Crippen LogP contribution in [0, 0.1) is 0 Å². The van der Waals surface area contributed by atoms with E-state index >= 15 is 0 Å². The Kier molecular flexibility index (Phi) is 4.26. The number of nitrogens with zero attached hydrogens (tertiary/aromatic N) is 2. The van der Waals surface area contributed by atoms with Crippen molar-refractivity contribution in [3.63, 3.8) is 0 Å². The first-order chi connectivity index (χ1) is 5.11. The molecule has 2 nitrogen and oxygen atoms in total. The van der Waals surface area contributed by atoms with Gasteiger partial charge in [-0.15, -0.1) is 0 Å². The van der Waals surface area contributed by atoms with Crippen molar-refractivity contribution < 1.29 is 0 Å². The van der Waals surface area contributed by atoms with Crippen LogP contribution in [-0.2, 0) is 5.41 Å². The largest absolute Gasteiger partial charge is 0.227 e. The van der Waals surface area contributed by atoms with E-state index in [0.29, 0.717) is 0 Å². The molecule has 0 amide bonds. The number of aromatic nitrogens is 2. The Morgan fingerprint density at radius 1 is 1.27 bits per heavy atom. The molecule has 0 aliphatic carbocycles. The molecule has 64 valence electrons. The van der Waals surface area contributed by atoms with Crippen LogP contribution < -0.4 is 0 Å². The predicted molar refractivity (Wildman–Crippen MR) is 50.0 cm³/mol. The van der Waals surface area contributed by atoms with Gasteiger partial charge in [0.2, 0.25) is 0 Å². The van der Waals surface area contributed by atoms with Crippen molar-refractivity contribution >= 4 is 11.5 Å². The lowest BCUT2D eigenvalue weighted by molar-refractivity contribution is 0.585. The molecule has 0 N–H and O–H groups in total. The average Bonchev–Trinajstić information content (AvgIpc) is 2.40. The summed E-state index contributed by atoms with van der Waals surface area (Å²) in [5.41, 5.74) is 0.168. The van der Waals surface area contributed by atoms with Crippen LogP contribution in [0.1, 0.15) is 39.6 Å². The maximum Gasteiger partial charge on any atom is 0.129 e. The first kappa shape index (κ1) is 10.6. The quantitative estimate of drug-likeness (QED) is 0.601. The number of rotatable bonds is 0. The lowest BCUT2D eigenvalue weighted by Gasteiger charge is -2.11. The van der Waals surface area contributed by atoms with Gasteiger partial charge in [0.05, 0.1) is 0 Å². The van der Waals surface area contributed by atoms with E-state index in [1.807, 2.05) is 13.8 Å². The van der Waals surface area contributed by atoms with Crippen molar-refractivity contribution in [2.45, 2.75) is 40.0 Å². The second kappa shape index (κ2) is 4.44. The molecular formula is C8H16N2S. The molecule has 11 heavy (non-hydrogen) atoms. The Balaban J connectivity index is 0.000000461. The van der Waals surface area contributed by atoms with Gasteiger partial charge in [-0.05, 0) is 11.5 Å². The van der Waals surface area contributed by atoms with E-state index < -0.39 is 0 Å². The van der Waals surface area contributed by atoms with Crippen LogP contribution in [-0.4, -0.2) is 9.36 Å². The monoisotopic (exact) mass is 172 g/mol. The van der Waals surface area contributed by atoms with E-state index in [1.54, 1.807) is 6.33 Å². The van der Waals surface area contributed by atoms with Crippen LogP contribution in [0.3, 0.4) is 0 Å². The molecule has 1 rings (SSSR count). The van der Waals surface area contributed by atoms with Crippen molar-refractivity contribution in [1.29, 1.82) is 0 Å². The normalized spacial score (nSPS) is 10.3. The van der Waals surface area contributed by atoms with Crippen LogP contribution in [0.5, 0.6) is 0 Å². The molecule has 1 aromatic heterocycles. The van der Waals surface area contributed by atoms with Crippen LogP contribution in [0.25, 0.3) is 0 Å².